The van der Waals surface area contributed by atoms with Gasteiger partial charge in [-0.25, -0.2) is 0 Å². The van der Waals surface area contributed by atoms with E-state index in [1.807, 2.05) is 18.2 Å². The predicted molar refractivity (Wildman–Crippen MR) is 157 cm³/mol. The highest BCUT2D eigenvalue weighted by Gasteiger charge is 2.27. The second kappa shape index (κ2) is 13.6. The van der Waals surface area contributed by atoms with Crippen LogP contribution in [0.15, 0.2) is 54.6 Å². The first-order chi connectivity index (χ1) is 18.5. The number of aliphatic carboxylic acids is 1. The number of amides is 1. The topological polar surface area (TPSA) is 95.9 Å². The van der Waals surface area contributed by atoms with Crippen molar-refractivity contribution in [1.29, 1.82) is 0 Å². The molecule has 0 radical (unpaired) electrons. The van der Waals surface area contributed by atoms with Crippen LogP contribution < -0.4 is 10.1 Å². The van der Waals surface area contributed by atoms with E-state index in [0.717, 1.165) is 54.2 Å². The van der Waals surface area contributed by atoms with Gasteiger partial charge in [-0.05, 0) is 89.6 Å². The van der Waals surface area contributed by atoms with Crippen molar-refractivity contribution >= 4 is 22.6 Å². The van der Waals surface area contributed by atoms with Crippen molar-refractivity contribution in [3.05, 3.63) is 76.9 Å². The first-order valence-corrected chi connectivity index (χ1v) is 14.0. The van der Waals surface area contributed by atoms with E-state index in [9.17, 15) is 14.7 Å². The van der Waals surface area contributed by atoms with Crippen molar-refractivity contribution in [2.45, 2.75) is 78.7 Å². The number of aliphatic hydroxyl groups excluding tert-OH is 1. The number of carboxylic acid groups (broad SMARTS) is 1. The summed E-state index contributed by atoms with van der Waals surface area (Å²) in [6, 6.07) is 18.1. The average Bonchev–Trinajstić information content (AvgIpc) is 2.90. The molecule has 3 N–H and O–H groups in total. The molecule has 1 amide bonds. The number of hydrogen-bond donors (Lipinski definition) is 3. The van der Waals surface area contributed by atoms with E-state index in [2.05, 4.69) is 64.2 Å². The van der Waals surface area contributed by atoms with Crippen LogP contribution in [0.2, 0.25) is 0 Å². The third-order valence-electron chi connectivity index (χ3n) is 7.70. The summed E-state index contributed by atoms with van der Waals surface area (Å²) >= 11 is 0. The van der Waals surface area contributed by atoms with E-state index >= 15 is 0 Å². The first kappa shape index (κ1) is 30.2. The maximum absolute atomic E-state index is 12.2. The van der Waals surface area contributed by atoms with Gasteiger partial charge in [0, 0.05) is 5.56 Å². The molecule has 6 nitrogen and oxygen atoms in total. The summed E-state index contributed by atoms with van der Waals surface area (Å²) in [6.45, 7) is 10.5. The highest BCUT2D eigenvalue weighted by Crippen LogP contribution is 2.31. The minimum Gasteiger partial charge on any atom is -0.491 e. The molecule has 0 aromatic heterocycles. The lowest BCUT2D eigenvalue weighted by atomic mass is 9.82. The van der Waals surface area contributed by atoms with Crippen LogP contribution in [0.3, 0.4) is 0 Å². The van der Waals surface area contributed by atoms with Crippen LogP contribution in [0.5, 0.6) is 5.75 Å². The zero-order valence-corrected chi connectivity index (χ0v) is 23.9. The summed E-state index contributed by atoms with van der Waals surface area (Å²) in [6.07, 6.45) is 4.46. The number of nitrogens with one attached hydrogen (secondary N) is 1. The highest BCUT2D eigenvalue weighted by atomic mass is 16.5. The molecule has 0 aliphatic rings. The number of benzene rings is 3. The molecule has 0 heterocycles. The molecule has 0 bridgehead atoms. The number of fused-ring (bicyclic) bond motifs is 1. The minimum absolute atomic E-state index is 0.169. The number of ether oxygens (including phenoxy) is 1. The molecule has 6 heteroatoms. The molecule has 0 aliphatic heterocycles. The normalized spacial score (nSPS) is 13.2. The summed E-state index contributed by atoms with van der Waals surface area (Å²) in [4.78, 5) is 22.9. The molecule has 2 unspecified atom stereocenters. The molecule has 39 heavy (non-hydrogen) atoms. The standard InChI is InChI=1S/C33H43NO5/c1-6-16-33(4,5)30(35)21-39-29-15-14-25(17-22(29)3)24(7-2)10-8-23-9-11-27-19-28(13-12-26(27)18-23)32(38)34-20-31(36)37/h9,11-15,17-19,24,30,35H,6-8,10,16,20-21H2,1-5H3,(H,34,38)(H,36,37). The Hall–Kier alpha value is -3.38. The zero-order chi connectivity index (χ0) is 28.6. The van der Waals surface area contributed by atoms with Crippen molar-refractivity contribution in [2.75, 3.05) is 13.2 Å². The van der Waals surface area contributed by atoms with E-state index < -0.39 is 24.5 Å². The predicted octanol–water partition coefficient (Wildman–Crippen LogP) is 6.66. The fourth-order valence-electron chi connectivity index (χ4n) is 5.09. The van der Waals surface area contributed by atoms with Crippen molar-refractivity contribution in [3.8, 4) is 5.75 Å². The van der Waals surface area contributed by atoms with Gasteiger partial charge in [0.2, 0.25) is 0 Å². The molecule has 0 saturated heterocycles. The first-order valence-electron chi connectivity index (χ1n) is 14.0. The quantitative estimate of drug-likeness (QED) is 0.215. The fraction of sp³-hybridized carbons (Fsp3) is 0.455. The van der Waals surface area contributed by atoms with Crippen molar-refractivity contribution in [3.63, 3.8) is 0 Å². The Balaban J connectivity index is 1.62. The largest absolute Gasteiger partial charge is 0.491 e. The van der Waals surface area contributed by atoms with Crippen LogP contribution in [-0.2, 0) is 11.2 Å². The third kappa shape index (κ3) is 8.30. The Bertz CT molecular complexity index is 1280. The van der Waals surface area contributed by atoms with Gasteiger partial charge in [-0.1, -0.05) is 70.5 Å². The SMILES string of the molecule is CCCC(C)(C)C(O)COc1ccc(C(CC)CCc2ccc3cc(C(=O)NCC(=O)O)ccc3c2)cc1C. The monoisotopic (exact) mass is 533 g/mol. The van der Waals surface area contributed by atoms with Crippen molar-refractivity contribution in [1.82, 2.24) is 5.32 Å². The van der Waals surface area contributed by atoms with Crippen LogP contribution in [0.4, 0.5) is 0 Å². The fourth-order valence-corrected chi connectivity index (χ4v) is 5.09. The van der Waals surface area contributed by atoms with Gasteiger partial charge >= 0.3 is 5.97 Å². The van der Waals surface area contributed by atoms with E-state index in [1.165, 1.54) is 11.1 Å². The Labute approximate surface area is 232 Å². The molecular weight excluding hydrogens is 490 g/mol. The second-order valence-electron chi connectivity index (χ2n) is 11.2. The summed E-state index contributed by atoms with van der Waals surface area (Å²) in [7, 11) is 0. The lowest BCUT2D eigenvalue weighted by Gasteiger charge is -2.30. The highest BCUT2D eigenvalue weighted by molar-refractivity contribution is 5.99. The van der Waals surface area contributed by atoms with Crippen LogP contribution in [-0.4, -0.2) is 41.3 Å². The molecule has 3 aromatic carbocycles. The van der Waals surface area contributed by atoms with E-state index in [-0.39, 0.29) is 5.41 Å². The maximum Gasteiger partial charge on any atom is 0.322 e. The smallest absolute Gasteiger partial charge is 0.322 e. The van der Waals surface area contributed by atoms with Crippen LogP contribution >= 0.6 is 0 Å². The molecule has 0 spiro atoms. The van der Waals surface area contributed by atoms with Crippen LogP contribution in [0.1, 0.15) is 86.3 Å². The van der Waals surface area contributed by atoms with Gasteiger partial charge in [0.25, 0.3) is 5.91 Å². The van der Waals surface area contributed by atoms with E-state index in [0.29, 0.717) is 18.1 Å². The van der Waals surface area contributed by atoms with Gasteiger partial charge < -0.3 is 20.3 Å². The van der Waals surface area contributed by atoms with Gasteiger partial charge in [-0.2, -0.15) is 0 Å². The van der Waals surface area contributed by atoms with Gasteiger partial charge in [-0.15, -0.1) is 0 Å². The molecule has 3 rings (SSSR count). The zero-order valence-electron chi connectivity index (χ0n) is 23.9. The van der Waals surface area contributed by atoms with E-state index in [1.54, 1.807) is 12.1 Å². The second-order valence-corrected chi connectivity index (χ2v) is 11.2. The molecule has 0 saturated carbocycles. The number of carboxylic acids is 1. The Kier molecular flexibility index (Phi) is 10.5. The lowest BCUT2D eigenvalue weighted by Crippen LogP contribution is -2.34. The summed E-state index contributed by atoms with van der Waals surface area (Å²) in [5, 5.41) is 23.8. The summed E-state index contributed by atoms with van der Waals surface area (Å²) in [5.41, 5.74) is 3.90. The maximum atomic E-state index is 12.2. The minimum atomic E-state index is -1.07. The Morgan fingerprint density at radius 1 is 1.00 bits per heavy atom. The Morgan fingerprint density at radius 2 is 1.72 bits per heavy atom. The van der Waals surface area contributed by atoms with Crippen molar-refractivity contribution in [2.24, 2.45) is 5.41 Å². The molecule has 210 valence electrons. The molecule has 0 aliphatic carbocycles. The molecule has 3 aromatic rings. The Morgan fingerprint density at radius 3 is 2.38 bits per heavy atom. The summed E-state index contributed by atoms with van der Waals surface area (Å²) in [5.74, 6) is -0.217. The molecule has 2 atom stereocenters. The number of aliphatic hydroxyl groups is 1. The van der Waals surface area contributed by atoms with Gasteiger partial charge in [0.15, 0.2) is 0 Å². The van der Waals surface area contributed by atoms with Crippen molar-refractivity contribution < 1.29 is 24.5 Å². The molecule has 0 fully saturated rings. The van der Waals surface area contributed by atoms with Crippen LogP contribution in [0, 0.1) is 12.3 Å². The van der Waals surface area contributed by atoms with Gasteiger partial charge in [0.1, 0.15) is 18.9 Å². The average molecular weight is 534 g/mol. The number of aryl methyl sites for hydroxylation is 2. The van der Waals surface area contributed by atoms with Gasteiger partial charge in [0.05, 0.1) is 6.10 Å². The lowest BCUT2D eigenvalue weighted by molar-refractivity contribution is -0.135. The summed E-state index contributed by atoms with van der Waals surface area (Å²) < 4.78 is 6.02. The molecular formula is C33H43NO5. The number of rotatable bonds is 14. The number of carbonyl (C=O) groups is 2. The van der Waals surface area contributed by atoms with E-state index in [4.69, 9.17) is 9.84 Å². The third-order valence-corrected chi connectivity index (χ3v) is 7.70. The number of hydrogen-bond acceptors (Lipinski definition) is 4. The van der Waals surface area contributed by atoms with Crippen LogP contribution in [0.25, 0.3) is 10.8 Å². The number of carbonyl (C=O) groups excluding carboxylic acids is 1. The van der Waals surface area contributed by atoms with Gasteiger partial charge in [-0.3, -0.25) is 9.59 Å².